The van der Waals surface area contributed by atoms with E-state index in [4.69, 9.17) is 5.73 Å². The van der Waals surface area contributed by atoms with Gasteiger partial charge in [0.25, 0.3) is 0 Å². The van der Waals surface area contributed by atoms with Gasteiger partial charge >= 0.3 is 0 Å². The number of rotatable bonds is 2. The second kappa shape index (κ2) is 5.66. The summed E-state index contributed by atoms with van der Waals surface area (Å²) in [6, 6.07) is 0.246. The molecule has 19 heavy (non-hydrogen) atoms. The third kappa shape index (κ3) is 3.02. The molecule has 1 aliphatic heterocycles. The number of hydrogen-bond acceptors (Lipinski definition) is 3. The molecule has 0 bridgehead atoms. The maximum absolute atomic E-state index is 13.4. The monoisotopic (exact) mass is 316 g/mol. The summed E-state index contributed by atoms with van der Waals surface area (Å²) in [6.45, 7) is 0.183. The fourth-order valence-electron chi connectivity index (χ4n) is 1.81. The first kappa shape index (κ1) is 16.2. The Kier molecular flexibility index (Phi) is 4.83. The predicted octanol–water partition coefficient (Wildman–Crippen LogP) is 1.25. The molecule has 108 valence electrons. The molecule has 1 unspecified atom stereocenters. The molecule has 0 amide bonds. The Hall–Kier alpha value is -0.830. The minimum Gasteiger partial charge on any atom is -0.326 e. The highest BCUT2D eigenvalue weighted by atomic mass is 35.5. The summed E-state index contributed by atoms with van der Waals surface area (Å²) < 4.78 is 64.2. The van der Waals surface area contributed by atoms with Crippen molar-refractivity contribution >= 4 is 22.4 Å². The number of sulfonamides is 1. The highest BCUT2D eigenvalue weighted by molar-refractivity contribution is 7.89. The van der Waals surface area contributed by atoms with Gasteiger partial charge in [0.1, 0.15) is 10.7 Å². The number of halogens is 4. The van der Waals surface area contributed by atoms with E-state index in [2.05, 4.69) is 0 Å². The Morgan fingerprint density at radius 2 is 1.74 bits per heavy atom. The van der Waals surface area contributed by atoms with Crippen LogP contribution in [0.1, 0.15) is 6.42 Å². The van der Waals surface area contributed by atoms with Gasteiger partial charge in [0, 0.05) is 25.2 Å². The van der Waals surface area contributed by atoms with E-state index < -0.39 is 32.4 Å². The van der Waals surface area contributed by atoms with Crippen molar-refractivity contribution in [2.45, 2.75) is 17.4 Å². The van der Waals surface area contributed by atoms with Gasteiger partial charge in [0.05, 0.1) is 0 Å². The number of benzene rings is 1. The second-order valence-electron chi connectivity index (χ2n) is 4.11. The Balaban J connectivity index is 0.00000180. The fourth-order valence-corrected chi connectivity index (χ4v) is 3.38. The third-order valence-electron chi connectivity index (χ3n) is 2.78. The summed E-state index contributed by atoms with van der Waals surface area (Å²) in [4.78, 5) is -0.865. The molecule has 0 saturated carbocycles. The van der Waals surface area contributed by atoms with Crippen LogP contribution in [0.2, 0.25) is 0 Å². The number of nitrogens with zero attached hydrogens (tertiary/aromatic N) is 1. The molecule has 1 saturated heterocycles. The van der Waals surface area contributed by atoms with Crippen molar-refractivity contribution in [1.82, 2.24) is 4.31 Å². The molecule has 0 aliphatic carbocycles. The lowest BCUT2D eigenvalue weighted by Gasteiger charge is -2.16. The summed E-state index contributed by atoms with van der Waals surface area (Å²) in [6.07, 6.45) is 0.449. The van der Waals surface area contributed by atoms with E-state index in [0.717, 1.165) is 4.31 Å². The molecule has 1 atom stereocenters. The van der Waals surface area contributed by atoms with Gasteiger partial charge in [0.15, 0.2) is 11.6 Å². The average Bonchev–Trinajstić information content (AvgIpc) is 2.70. The van der Waals surface area contributed by atoms with Crippen LogP contribution in [0, 0.1) is 17.5 Å². The van der Waals surface area contributed by atoms with E-state index in [0.29, 0.717) is 12.5 Å². The summed E-state index contributed by atoms with van der Waals surface area (Å²) in [5.74, 6) is -4.14. The molecule has 1 aromatic rings. The second-order valence-corrected chi connectivity index (χ2v) is 6.01. The maximum atomic E-state index is 13.4. The molecule has 4 nitrogen and oxygen atoms in total. The zero-order valence-corrected chi connectivity index (χ0v) is 11.3. The third-order valence-corrected chi connectivity index (χ3v) is 4.66. The van der Waals surface area contributed by atoms with Gasteiger partial charge in [0.2, 0.25) is 10.0 Å². The van der Waals surface area contributed by atoms with Crippen LogP contribution in [0.5, 0.6) is 0 Å². The minimum absolute atomic E-state index is 0. The standard InChI is InChI=1S/C10H11F3N2O2S.ClH/c11-7-3-9(13)10(4-8(7)12)18(16,17)15-2-1-6(14)5-15;/h3-4,6H,1-2,5,14H2;1H. The highest BCUT2D eigenvalue weighted by Gasteiger charge is 2.33. The van der Waals surface area contributed by atoms with Crippen LogP contribution in [0.15, 0.2) is 17.0 Å². The molecule has 0 spiro atoms. The molecule has 2 rings (SSSR count). The van der Waals surface area contributed by atoms with Gasteiger partial charge in [-0.2, -0.15) is 4.31 Å². The van der Waals surface area contributed by atoms with E-state index in [-0.39, 0.29) is 37.6 Å². The van der Waals surface area contributed by atoms with Gasteiger partial charge < -0.3 is 5.73 Å². The van der Waals surface area contributed by atoms with Crippen LogP contribution >= 0.6 is 12.4 Å². The van der Waals surface area contributed by atoms with Gasteiger partial charge in [-0.3, -0.25) is 0 Å². The van der Waals surface area contributed by atoms with Crippen molar-refractivity contribution in [3.8, 4) is 0 Å². The van der Waals surface area contributed by atoms with Crippen molar-refractivity contribution < 1.29 is 21.6 Å². The van der Waals surface area contributed by atoms with E-state index in [1.807, 2.05) is 0 Å². The van der Waals surface area contributed by atoms with Crippen LogP contribution in [0.25, 0.3) is 0 Å². The first-order chi connectivity index (χ1) is 8.32. The van der Waals surface area contributed by atoms with E-state index in [9.17, 15) is 21.6 Å². The van der Waals surface area contributed by atoms with Crippen molar-refractivity contribution in [3.63, 3.8) is 0 Å². The number of nitrogens with two attached hydrogens (primary N) is 1. The van der Waals surface area contributed by atoms with Crippen molar-refractivity contribution in [3.05, 3.63) is 29.6 Å². The minimum atomic E-state index is -4.17. The molecule has 1 aromatic carbocycles. The molecule has 2 N–H and O–H groups in total. The van der Waals surface area contributed by atoms with Crippen molar-refractivity contribution in [2.75, 3.05) is 13.1 Å². The molecule has 1 aliphatic rings. The van der Waals surface area contributed by atoms with Crippen molar-refractivity contribution in [2.24, 2.45) is 5.73 Å². The zero-order valence-electron chi connectivity index (χ0n) is 9.64. The van der Waals surface area contributed by atoms with Crippen LogP contribution in [0.4, 0.5) is 13.2 Å². The Bertz CT molecular complexity index is 582. The summed E-state index contributed by atoms with van der Waals surface area (Å²) in [5.41, 5.74) is 5.56. The summed E-state index contributed by atoms with van der Waals surface area (Å²) in [7, 11) is -4.17. The lowest BCUT2D eigenvalue weighted by Crippen LogP contribution is -2.32. The first-order valence-corrected chi connectivity index (χ1v) is 6.66. The Labute approximate surface area is 114 Å². The van der Waals surface area contributed by atoms with E-state index in [1.54, 1.807) is 0 Å². The van der Waals surface area contributed by atoms with Crippen LogP contribution < -0.4 is 5.73 Å². The van der Waals surface area contributed by atoms with E-state index >= 15 is 0 Å². The summed E-state index contributed by atoms with van der Waals surface area (Å²) >= 11 is 0. The summed E-state index contributed by atoms with van der Waals surface area (Å²) in [5, 5.41) is 0. The van der Waals surface area contributed by atoms with Gasteiger partial charge in [-0.15, -0.1) is 12.4 Å². The Morgan fingerprint density at radius 3 is 2.26 bits per heavy atom. The Morgan fingerprint density at radius 1 is 1.16 bits per heavy atom. The first-order valence-electron chi connectivity index (χ1n) is 5.22. The largest absolute Gasteiger partial charge is 0.326 e. The molecule has 9 heteroatoms. The van der Waals surface area contributed by atoms with E-state index in [1.165, 1.54) is 0 Å². The fraction of sp³-hybridized carbons (Fsp3) is 0.400. The van der Waals surface area contributed by atoms with Crippen LogP contribution in [-0.4, -0.2) is 31.9 Å². The lowest BCUT2D eigenvalue weighted by atomic mass is 10.3. The van der Waals surface area contributed by atoms with Crippen LogP contribution in [-0.2, 0) is 10.0 Å². The average molecular weight is 317 g/mol. The smallest absolute Gasteiger partial charge is 0.246 e. The zero-order chi connectivity index (χ0) is 13.5. The van der Waals surface area contributed by atoms with Crippen LogP contribution in [0.3, 0.4) is 0 Å². The molecule has 1 fully saturated rings. The predicted molar refractivity (Wildman–Crippen MR) is 64.9 cm³/mol. The molecule has 1 heterocycles. The van der Waals surface area contributed by atoms with Gasteiger partial charge in [-0.1, -0.05) is 0 Å². The molecule has 0 radical (unpaired) electrons. The molecule has 0 aromatic heterocycles. The normalized spacial score (nSPS) is 20.3. The SMILES string of the molecule is Cl.NC1CCN(S(=O)(=O)c2cc(F)c(F)cc2F)C1. The lowest BCUT2D eigenvalue weighted by molar-refractivity contribution is 0.454. The quantitative estimate of drug-likeness (QED) is 0.835. The highest BCUT2D eigenvalue weighted by Crippen LogP contribution is 2.24. The van der Waals surface area contributed by atoms with Gasteiger partial charge in [-0.05, 0) is 12.5 Å². The number of hydrogen-bond donors (Lipinski definition) is 1. The topological polar surface area (TPSA) is 63.4 Å². The molecular formula is C10H12ClF3N2O2S. The van der Waals surface area contributed by atoms with Crippen molar-refractivity contribution in [1.29, 1.82) is 0 Å². The van der Waals surface area contributed by atoms with Gasteiger partial charge in [-0.25, -0.2) is 21.6 Å². The molecular weight excluding hydrogens is 305 g/mol. The maximum Gasteiger partial charge on any atom is 0.246 e.